The molecular formula is C15H18N2O2S. The number of carbonyl (C=O) groups excluding carboxylic acids is 1. The van der Waals surface area contributed by atoms with E-state index in [4.69, 9.17) is 4.74 Å². The van der Waals surface area contributed by atoms with Crippen molar-refractivity contribution >= 4 is 17.2 Å². The van der Waals surface area contributed by atoms with Crippen molar-refractivity contribution in [3.63, 3.8) is 0 Å². The quantitative estimate of drug-likeness (QED) is 0.852. The molecule has 0 unspecified atom stereocenters. The Hall–Kier alpha value is -1.88. The summed E-state index contributed by atoms with van der Waals surface area (Å²) in [7, 11) is 1.65. The van der Waals surface area contributed by atoms with Gasteiger partial charge < -0.3 is 10.1 Å². The van der Waals surface area contributed by atoms with Gasteiger partial charge in [0.2, 0.25) is 5.91 Å². The molecule has 2 aromatic rings. The molecule has 0 saturated heterocycles. The number of benzene rings is 1. The minimum atomic E-state index is 0.0698. The summed E-state index contributed by atoms with van der Waals surface area (Å²) < 4.78 is 5.27. The molecule has 4 nitrogen and oxygen atoms in total. The molecule has 2 rings (SSSR count). The molecule has 1 N–H and O–H groups in total. The number of amides is 1. The number of thiazole rings is 1. The van der Waals surface area contributed by atoms with E-state index in [0.29, 0.717) is 19.4 Å². The normalized spacial score (nSPS) is 10.2. The van der Waals surface area contributed by atoms with Crippen molar-refractivity contribution in [3.8, 4) is 5.75 Å². The Labute approximate surface area is 122 Å². The van der Waals surface area contributed by atoms with Crippen molar-refractivity contribution in [2.75, 3.05) is 13.7 Å². The van der Waals surface area contributed by atoms with E-state index in [0.717, 1.165) is 17.7 Å². The summed E-state index contributed by atoms with van der Waals surface area (Å²) in [5.74, 6) is 0.908. The molecule has 1 aromatic heterocycles. The number of nitrogens with one attached hydrogen (secondary N) is 1. The van der Waals surface area contributed by atoms with Crippen molar-refractivity contribution in [1.29, 1.82) is 0 Å². The first-order chi connectivity index (χ1) is 9.79. The van der Waals surface area contributed by atoms with E-state index < -0.39 is 0 Å². The van der Waals surface area contributed by atoms with Crippen LogP contribution in [0.2, 0.25) is 0 Å². The van der Waals surface area contributed by atoms with E-state index in [9.17, 15) is 4.79 Å². The van der Waals surface area contributed by atoms with Crippen LogP contribution in [0.4, 0.5) is 0 Å². The minimum absolute atomic E-state index is 0.0698. The van der Waals surface area contributed by atoms with Crippen LogP contribution in [0.3, 0.4) is 0 Å². The van der Waals surface area contributed by atoms with E-state index in [1.165, 1.54) is 4.88 Å². The predicted octanol–water partition coefficient (Wildman–Crippen LogP) is 2.44. The van der Waals surface area contributed by atoms with Crippen molar-refractivity contribution in [1.82, 2.24) is 10.3 Å². The van der Waals surface area contributed by atoms with Gasteiger partial charge in [-0.2, -0.15) is 0 Å². The Bertz CT molecular complexity index is 541. The smallest absolute Gasteiger partial charge is 0.220 e. The van der Waals surface area contributed by atoms with Crippen LogP contribution in [-0.4, -0.2) is 24.5 Å². The lowest BCUT2D eigenvalue weighted by molar-refractivity contribution is -0.121. The highest BCUT2D eigenvalue weighted by Crippen LogP contribution is 2.18. The summed E-state index contributed by atoms with van der Waals surface area (Å²) in [4.78, 5) is 17.0. The Kier molecular flexibility index (Phi) is 5.55. The van der Waals surface area contributed by atoms with Gasteiger partial charge in [-0.1, -0.05) is 18.2 Å². The lowest BCUT2D eigenvalue weighted by atomic mass is 10.1. The van der Waals surface area contributed by atoms with Crippen molar-refractivity contribution in [2.45, 2.75) is 19.3 Å². The second-order valence-corrected chi connectivity index (χ2v) is 5.35. The van der Waals surface area contributed by atoms with Crippen LogP contribution in [-0.2, 0) is 17.6 Å². The van der Waals surface area contributed by atoms with E-state index >= 15 is 0 Å². The van der Waals surface area contributed by atoms with Crippen LogP contribution in [0.5, 0.6) is 5.75 Å². The maximum Gasteiger partial charge on any atom is 0.220 e. The summed E-state index contributed by atoms with van der Waals surface area (Å²) in [5, 5.41) is 2.93. The molecule has 5 heteroatoms. The summed E-state index contributed by atoms with van der Waals surface area (Å²) >= 11 is 1.61. The van der Waals surface area contributed by atoms with Crippen LogP contribution >= 0.6 is 11.3 Å². The maximum absolute atomic E-state index is 11.8. The third kappa shape index (κ3) is 4.35. The largest absolute Gasteiger partial charge is 0.496 e. The number of para-hydroxylation sites is 1. The topological polar surface area (TPSA) is 51.2 Å². The first kappa shape index (κ1) is 14.5. The molecule has 0 saturated carbocycles. The monoisotopic (exact) mass is 290 g/mol. The molecule has 20 heavy (non-hydrogen) atoms. The van der Waals surface area contributed by atoms with Crippen LogP contribution in [0, 0.1) is 0 Å². The van der Waals surface area contributed by atoms with Gasteiger partial charge in [0.15, 0.2) is 0 Å². The van der Waals surface area contributed by atoms with Crippen LogP contribution in [0.15, 0.2) is 36.0 Å². The molecule has 0 bridgehead atoms. The number of rotatable bonds is 7. The minimum Gasteiger partial charge on any atom is -0.496 e. The van der Waals surface area contributed by atoms with E-state index in [2.05, 4.69) is 10.3 Å². The van der Waals surface area contributed by atoms with Crippen molar-refractivity contribution < 1.29 is 9.53 Å². The molecule has 1 amide bonds. The fourth-order valence-electron chi connectivity index (χ4n) is 1.94. The Morgan fingerprint density at radius 2 is 2.20 bits per heavy atom. The molecule has 0 aliphatic heterocycles. The average molecular weight is 290 g/mol. The molecule has 0 fully saturated rings. The number of aromatic nitrogens is 1. The van der Waals surface area contributed by atoms with Gasteiger partial charge in [0, 0.05) is 30.5 Å². The van der Waals surface area contributed by atoms with Gasteiger partial charge in [0.05, 0.1) is 12.6 Å². The SMILES string of the molecule is COc1ccccc1CCC(=O)NCCc1cncs1. The van der Waals surface area contributed by atoms with Crippen LogP contribution in [0.1, 0.15) is 16.9 Å². The first-order valence-corrected chi connectivity index (χ1v) is 7.43. The lowest BCUT2D eigenvalue weighted by Crippen LogP contribution is -2.25. The lowest BCUT2D eigenvalue weighted by Gasteiger charge is -2.08. The van der Waals surface area contributed by atoms with Crippen LogP contribution < -0.4 is 10.1 Å². The van der Waals surface area contributed by atoms with Gasteiger partial charge in [-0.3, -0.25) is 9.78 Å². The van der Waals surface area contributed by atoms with Crippen molar-refractivity contribution in [3.05, 3.63) is 46.4 Å². The second kappa shape index (κ2) is 7.65. The van der Waals surface area contributed by atoms with Gasteiger partial charge in [-0.25, -0.2) is 0 Å². The van der Waals surface area contributed by atoms with E-state index in [-0.39, 0.29) is 5.91 Å². The Balaban J connectivity index is 1.72. The van der Waals surface area contributed by atoms with Crippen molar-refractivity contribution in [2.24, 2.45) is 0 Å². The summed E-state index contributed by atoms with van der Waals surface area (Å²) in [5.41, 5.74) is 2.87. The highest BCUT2D eigenvalue weighted by atomic mass is 32.1. The standard InChI is InChI=1S/C15H18N2O2S/c1-19-14-5-3-2-4-12(14)6-7-15(18)17-9-8-13-10-16-11-20-13/h2-5,10-11H,6-9H2,1H3,(H,17,18). The third-order valence-corrected chi connectivity index (χ3v) is 3.83. The molecular weight excluding hydrogens is 272 g/mol. The summed E-state index contributed by atoms with van der Waals surface area (Å²) in [6, 6.07) is 7.79. The van der Waals surface area contributed by atoms with Gasteiger partial charge >= 0.3 is 0 Å². The molecule has 0 spiro atoms. The molecule has 0 radical (unpaired) electrons. The molecule has 1 heterocycles. The van der Waals surface area contributed by atoms with Gasteiger partial charge in [-0.15, -0.1) is 11.3 Å². The zero-order valence-corrected chi connectivity index (χ0v) is 12.3. The van der Waals surface area contributed by atoms with E-state index in [1.54, 1.807) is 24.0 Å². The molecule has 0 atom stereocenters. The molecule has 0 aliphatic carbocycles. The third-order valence-electron chi connectivity index (χ3n) is 2.99. The first-order valence-electron chi connectivity index (χ1n) is 6.55. The summed E-state index contributed by atoms with van der Waals surface area (Å²) in [6.45, 7) is 0.660. The molecule has 0 aliphatic rings. The number of carbonyl (C=O) groups is 1. The number of hydrogen-bond donors (Lipinski definition) is 1. The number of nitrogens with zero attached hydrogens (tertiary/aromatic N) is 1. The van der Waals surface area contributed by atoms with Gasteiger partial charge in [0.1, 0.15) is 5.75 Å². The van der Waals surface area contributed by atoms with Gasteiger partial charge in [-0.05, 0) is 18.1 Å². The Morgan fingerprint density at radius 1 is 1.35 bits per heavy atom. The fraction of sp³-hybridized carbons (Fsp3) is 0.333. The predicted molar refractivity (Wildman–Crippen MR) is 80.1 cm³/mol. The van der Waals surface area contributed by atoms with Crippen LogP contribution in [0.25, 0.3) is 0 Å². The maximum atomic E-state index is 11.8. The number of ether oxygens (including phenoxy) is 1. The second-order valence-electron chi connectivity index (χ2n) is 4.38. The molecule has 106 valence electrons. The number of methoxy groups -OCH3 is 1. The fourth-order valence-corrected chi connectivity index (χ4v) is 2.54. The highest BCUT2D eigenvalue weighted by molar-refractivity contribution is 7.09. The van der Waals surface area contributed by atoms with Gasteiger partial charge in [0.25, 0.3) is 0 Å². The number of aryl methyl sites for hydroxylation is 1. The van der Waals surface area contributed by atoms with E-state index in [1.807, 2.05) is 30.5 Å². The number of hydrogen-bond acceptors (Lipinski definition) is 4. The molecule has 1 aromatic carbocycles. The highest BCUT2D eigenvalue weighted by Gasteiger charge is 2.06. The zero-order chi connectivity index (χ0) is 14.2. The zero-order valence-electron chi connectivity index (χ0n) is 11.5. The Morgan fingerprint density at radius 3 is 2.95 bits per heavy atom. The average Bonchev–Trinajstić information content (AvgIpc) is 2.98. The summed E-state index contributed by atoms with van der Waals surface area (Å²) in [6.07, 6.45) is 3.84.